The Balaban J connectivity index is 3.23. The fraction of sp³-hybridized carbons (Fsp3) is 0.308. The summed E-state index contributed by atoms with van der Waals surface area (Å²) >= 11 is 0. The number of carboxylic acid groups (broad SMARTS) is 1. The van der Waals surface area contributed by atoms with Crippen LogP contribution in [0.4, 0.5) is 0 Å². The number of aromatic hydroxyl groups is 1. The molecule has 0 aliphatic heterocycles. The van der Waals surface area contributed by atoms with E-state index in [-0.39, 0.29) is 11.2 Å². The van der Waals surface area contributed by atoms with E-state index in [1.54, 1.807) is 24.3 Å². The molecule has 16 heavy (non-hydrogen) atoms. The first kappa shape index (κ1) is 12.3. The zero-order valence-electron chi connectivity index (χ0n) is 9.69. The topological polar surface area (TPSA) is 57.5 Å². The molecular weight excluding hydrogens is 204 g/mol. The number of hydrogen-bond acceptors (Lipinski definition) is 2. The Kier molecular flexibility index (Phi) is 3.38. The Labute approximate surface area is 95.0 Å². The van der Waals surface area contributed by atoms with Gasteiger partial charge in [0.2, 0.25) is 0 Å². The molecule has 2 N–H and O–H groups in total. The van der Waals surface area contributed by atoms with Crippen LogP contribution in [0.5, 0.6) is 5.75 Å². The number of aliphatic carboxylic acids is 1. The van der Waals surface area contributed by atoms with Gasteiger partial charge in [-0.25, -0.2) is 4.79 Å². The quantitative estimate of drug-likeness (QED) is 0.753. The van der Waals surface area contributed by atoms with E-state index in [2.05, 4.69) is 0 Å². The van der Waals surface area contributed by atoms with Gasteiger partial charge >= 0.3 is 5.97 Å². The van der Waals surface area contributed by atoms with Crippen molar-refractivity contribution in [3.8, 4) is 5.75 Å². The highest BCUT2D eigenvalue weighted by atomic mass is 16.4. The van der Waals surface area contributed by atoms with Gasteiger partial charge in [-0.05, 0) is 34.8 Å². The van der Waals surface area contributed by atoms with E-state index in [1.165, 1.54) is 0 Å². The zero-order chi connectivity index (χ0) is 12.3. The van der Waals surface area contributed by atoms with Gasteiger partial charge in [0.25, 0.3) is 0 Å². The summed E-state index contributed by atoms with van der Waals surface area (Å²) < 4.78 is 0. The van der Waals surface area contributed by atoms with Crippen LogP contribution in [0.25, 0.3) is 6.08 Å². The second kappa shape index (κ2) is 4.39. The van der Waals surface area contributed by atoms with Crippen molar-refractivity contribution < 1.29 is 15.0 Å². The maximum absolute atomic E-state index is 10.5. The van der Waals surface area contributed by atoms with Gasteiger partial charge in [-0.3, -0.25) is 0 Å². The minimum atomic E-state index is -0.979. The summed E-state index contributed by atoms with van der Waals surface area (Å²) in [5, 5.41) is 18.0. The van der Waals surface area contributed by atoms with Crippen LogP contribution in [0.3, 0.4) is 0 Å². The third kappa shape index (κ3) is 3.12. The average Bonchev–Trinajstić information content (AvgIpc) is 2.14. The highest BCUT2D eigenvalue weighted by molar-refractivity contribution is 5.85. The highest BCUT2D eigenvalue weighted by Gasteiger charge is 2.17. The predicted octanol–water partition coefficient (Wildman–Crippen LogP) is 2.79. The van der Waals surface area contributed by atoms with Crippen LogP contribution >= 0.6 is 0 Å². The van der Waals surface area contributed by atoms with Crippen molar-refractivity contribution >= 4 is 12.0 Å². The predicted molar refractivity (Wildman–Crippen MR) is 63.5 cm³/mol. The largest absolute Gasteiger partial charge is 0.508 e. The second-order valence-electron chi connectivity index (χ2n) is 4.69. The lowest BCUT2D eigenvalue weighted by Gasteiger charge is -2.21. The number of phenolic OH excluding ortho intramolecular Hbond substituents is 1. The Morgan fingerprint density at radius 1 is 1.31 bits per heavy atom. The summed E-state index contributed by atoms with van der Waals surface area (Å²) in [4.78, 5) is 10.5. The minimum absolute atomic E-state index is 0.142. The maximum Gasteiger partial charge on any atom is 0.328 e. The molecule has 3 heteroatoms. The van der Waals surface area contributed by atoms with Gasteiger partial charge in [-0.15, -0.1) is 0 Å². The molecule has 1 aromatic carbocycles. The lowest BCUT2D eigenvalue weighted by Crippen LogP contribution is -2.12. The number of phenols is 1. The molecule has 0 bridgehead atoms. The van der Waals surface area contributed by atoms with Gasteiger partial charge in [0, 0.05) is 6.08 Å². The number of hydrogen-bond donors (Lipinski definition) is 2. The van der Waals surface area contributed by atoms with Crippen LogP contribution in [0.15, 0.2) is 24.3 Å². The lowest BCUT2D eigenvalue weighted by molar-refractivity contribution is -0.131. The van der Waals surface area contributed by atoms with Crippen LogP contribution in [-0.2, 0) is 10.2 Å². The smallest absolute Gasteiger partial charge is 0.328 e. The molecule has 0 heterocycles. The number of rotatable bonds is 2. The second-order valence-corrected chi connectivity index (χ2v) is 4.69. The summed E-state index contributed by atoms with van der Waals surface area (Å²) in [6.07, 6.45) is 2.64. The lowest BCUT2D eigenvalue weighted by atomic mass is 9.83. The Hall–Kier alpha value is -1.77. The summed E-state index contributed by atoms with van der Waals surface area (Å²) in [6, 6.07) is 4.94. The molecule has 0 aliphatic carbocycles. The molecule has 86 valence electrons. The molecular formula is C13H16O3. The minimum Gasteiger partial charge on any atom is -0.508 e. The molecule has 0 atom stereocenters. The van der Waals surface area contributed by atoms with Gasteiger partial charge in [0.15, 0.2) is 0 Å². The van der Waals surface area contributed by atoms with Gasteiger partial charge < -0.3 is 10.2 Å². The van der Waals surface area contributed by atoms with Gasteiger partial charge in [-0.2, -0.15) is 0 Å². The average molecular weight is 220 g/mol. The highest BCUT2D eigenvalue weighted by Crippen LogP contribution is 2.29. The SMILES string of the molecule is CC(C)(C)c1cc(O)ccc1C=CC(=O)O. The van der Waals surface area contributed by atoms with E-state index in [9.17, 15) is 9.90 Å². The third-order valence-corrected chi connectivity index (χ3v) is 2.25. The molecule has 0 aromatic heterocycles. The van der Waals surface area contributed by atoms with Crippen LogP contribution in [-0.4, -0.2) is 16.2 Å². The molecule has 1 rings (SSSR count). The molecule has 0 spiro atoms. The van der Waals surface area contributed by atoms with Gasteiger partial charge in [-0.1, -0.05) is 26.8 Å². The number of carbonyl (C=O) groups is 1. The van der Waals surface area contributed by atoms with Crippen LogP contribution < -0.4 is 0 Å². The van der Waals surface area contributed by atoms with Crippen molar-refractivity contribution in [3.63, 3.8) is 0 Å². The Morgan fingerprint density at radius 2 is 1.94 bits per heavy atom. The molecule has 0 unspecified atom stereocenters. The Morgan fingerprint density at radius 3 is 2.44 bits per heavy atom. The van der Waals surface area contributed by atoms with Crippen molar-refractivity contribution in [1.82, 2.24) is 0 Å². The van der Waals surface area contributed by atoms with Gasteiger partial charge in [0.1, 0.15) is 5.75 Å². The first-order chi connectivity index (χ1) is 7.30. The van der Waals surface area contributed by atoms with E-state index < -0.39 is 5.97 Å². The normalized spacial score (nSPS) is 11.9. The van der Waals surface area contributed by atoms with Crippen molar-refractivity contribution in [2.45, 2.75) is 26.2 Å². The van der Waals surface area contributed by atoms with E-state index in [0.717, 1.165) is 17.2 Å². The van der Waals surface area contributed by atoms with Crippen molar-refractivity contribution in [1.29, 1.82) is 0 Å². The summed E-state index contributed by atoms with van der Waals surface area (Å²) in [7, 11) is 0. The van der Waals surface area contributed by atoms with Crippen molar-refractivity contribution in [2.24, 2.45) is 0 Å². The maximum atomic E-state index is 10.5. The fourth-order valence-electron chi connectivity index (χ4n) is 1.50. The van der Waals surface area contributed by atoms with E-state index in [0.29, 0.717) is 0 Å². The molecule has 0 radical (unpaired) electrons. The first-order valence-corrected chi connectivity index (χ1v) is 5.05. The van der Waals surface area contributed by atoms with Crippen LogP contribution in [0, 0.1) is 0 Å². The van der Waals surface area contributed by atoms with Crippen molar-refractivity contribution in [3.05, 3.63) is 35.4 Å². The standard InChI is InChI=1S/C13H16O3/c1-13(2,3)11-8-10(14)6-4-9(11)5-7-12(15)16/h4-8,14H,1-3H3,(H,15,16). The number of benzene rings is 1. The molecule has 0 aliphatic rings. The first-order valence-electron chi connectivity index (χ1n) is 5.05. The molecule has 0 amide bonds. The monoisotopic (exact) mass is 220 g/mol. The summed E-state index contributed by atoms with van der Waals surface area (Å²) in [6.45, 7) is 6.04. The third-order valence-electron chi connectivity index (χ3n) is 2.25. The molecule has 0 saturated heterocycles. The fourth-order valence-corrected chi connectivity index (χ4v) is 1.50. The van der Waals surface area contributed by atoms with Crippen LogP contribution in [0.1, 0.15) is 31.9 Å². The van der Waals surface area contributed by atoms with Crippen LogP contribution in [0.2, 0.25) is 0 Å². The summed E-state index contributed by atoms with van der Waals surface area (Å²) in [5.41, 5.74) is 1.59. The Bertz CT molecular complexity index is 425. The van der Waals surface area contributed by atoms with E-state index >= 15 is 0 Å². The number of carboxylic acids is 1. The molecule has 1 aromatic rings. The van der Waals surface area contributed by atoms with E-state index in [4.69, 9.17) is 5.11 Å². The molecule has 0 fully saturated rings. The van der Waals surface area contributed by atoms with E-state index in [1.807, 2.05) is 20.8 Å². The zero-order valence-corrected chi connectivity index (χ0v) is 9.69. The molecule has 3 nitrogen and oxygen atoms in total. The van der Waals surface area contributed by atoms with Crippen molar-refractivity contribution in [2.75, 3.05) is 0 Å². The molecule has 0 saturated carbocycles. The van der Waals surface area contributed by atoms with Gasteiger partial charge in [0.05, 0.1) is 0 Å². The summed E-state index contributed by atoms with van der Waals surface area (Å²) in [5.74, 6) is -0.787.